The summed E-state index contributed by atoms with van der Waals surface area (Å²) in [7, 11) is -6.31. The maximum absolute atomic E-state index is 13.8. The zero-order valence-electron chi connectivity index (χ0n) is 19.5. The van der Waals surface area contributed by atoms with E-state index in [0.29, 0.717) is 0 Å². The van der Waals surface area contributed by atoms with Gasteiger partial charge in [0.1, 0.15) is 13.2 Å². The molecule has 0 unspecified atom stereocenters. The van der Waals surface area contributed by atoms with Gasteiger partial charge in [-0.05, 0) is 27.7 Å². The lowest BCUT2D eigenvalue weighted by atomic mass is 10.1. The smallest absolute Gasteiger partial charge is 0.290 e. The van der Waals surface area contributed by atoms with Crippen molar-refractivity contribution in [2.45, 2.75) is 87.7 Å². The molecule has 0 heterocycles. The van der Waals surface area contributed by atoms with Gasteiger partial charge >= 0.3 is 55.6 Å². The Labute approximate surface area is 207 Å². The van der Waals surface area contributed by atoms with Crippen molar-refractivity contribution in [3.8, 4) is 0 Å². The van der Waals surface area contributed by atoms with E-state index in [-0.39, 0.29) is 4.67 Å². The molecule has 0 bridgehead atoms. The molecule has 0 aromatic carbocycles. The van der Waals surface area contributed by atoms with Crippen molar-refractivity contribution in [2.24, 2.45) is 0 Å². The van der Waals surface area contributed by atoms with Crippen LogP contribution in [-0.4, -0.2) is 77.9 Å². The van der Waals surface area contributed by atoms with E-state index in [1.54, 1.807) is 0 Å². The van der Waals surface area contributed by atoms with Crippen LogP contribution in [0.2, 0.25) is 0 Å². The molecule has 0 aliphatic rings. The Balaban J connectivity index is 6.52. The minimum absolute atomic E-state index is 0.0146. The van der Waals surface area contributed by atoms with E-state index in [2.05, 4.69) is 9.05 Å². The summed E-state index contributed by atoms with van der Waals surface area (Å²) in [6.45, 7) is -3.47. The predicted molar refractivity (Wildman–Crippen MR) is 93.4 cm³/mol. The van der Waals surface area contributed by atoms with E-state index >= 15 is 0 Å². The summed E-state index contributed by atoms with van der Waals surface area (Å²) in [5.41, 5.74) is 0. The fourth-order valence-corrected chi connectivity index (χ4v) is 4.78. The number of hydrogen-bond acceptors (Lipinski definition) is 3. The van der Waals surface area contributed by atoms with Crippen LogP contribution in [0.1, 0.15) is 27.7 Å². The first-order chi connectivity index (χ1) is 16.7. The van der Waals surface area contributed by atoms with Gasteiger partial charge in [-0.25, -0.2) is 9.24 Å². The zero-order valence-corrected chi connectivity index (χ0v) is 20.4. The number of alkyl halides is 18. The van der Waals surface area contributed by atoms with E-state index in [9.17, 15) is 83.6 Å². The van der Waals surface area contributed by atoms with E-state index in [1.807, 2.05) is 0 Å². The first kappa shape index (κ1) is 37.9. The second-order valence-electron chi connectivity index (χ2n) is 8.28. The first-order valence-electron chi connectivity index (χ1n) is 9.76. The molecule has 4 nitrogen and oxygen atoms in total. The molecule has 0 aliphatic heterocycles. The molecule has 0 aromatic heterocycles. The molecule has 0 aromatic rings. The average Bonchev–Trinajstić information content (AvgIpc) is 2.68. The number of nitrogens with zero attached hydrogens (tertiary/aromatic N) is 1. The van der Waals surface area contributed by atoms with Crippen molar-refractivity contribution in [3.05, 3.63) is 0 Å². The molecule has 236 valence electrons. The van der Waals surface area contributed by atoms with Crippen LogP contribution in [0.15, 0.2) is 0 Å². The Kier molecular flexibility index (Phi) is 10.6. The third-order valence-corrected chi connectivity index (χ3v) is 6.98. The van der Waals surface area contributed by atoms with Crippen molar-refractivity contribution in [2.75, 3.05) is 13.2 Å². The molecule has 0 fully saturated rings. The molecule has 0 aliphatic carbocycles. The molecule has 0 saturated heterocycles. The van der Waals surface area contributed by atoms with Gasteiger partial charge in [0, 0.05) is 12.1 Å². The fourth-order valence-electron chi connectivity index (χ4n) is 2.65. The van der Waals surface area contributed by atoms with Gasteiger partial charge in [0.2, 0.25) is 0 Å². The van der Waals surface area contributed by atoms with Crippen molar-refractivity contribution < 1.29 is 92.6 Å². The molecule has 0 atom stereocenters. The Morgan fingerprint density at radius 2 is 0.744 bits per heavy atom. The normalized spacial score (nSPS) is 16.1. The second kappa shape index (κ2) is 10.9. The Morgan fingerprint density at radius 3 is 0.923 bits per heavy atom. The van der Waals surface area contributed by atoms with E-state index in [1.165, 1.54) is 0 Å². The lowest BCUT2D eigenvalue weighted by Crippen LogP contribution is -2.62. The van der Waals surface area contributed by atoms with E-state index in [0.717, 1.165) is 27.7 Å². The summed E-state index contributed by atoms with van der Waals surface area (Å²) < 4.78 is 255. The molecule has 0 N–H and O–H groups in total. The van der Waals surface area contributed by atoms with Crippen LogP contribution >= 0.6 is 7.75 Å². The van der Waals surface area contributed by atoms with E-state index < -0.39 is 80.9 Å². The Bertz CT molecular complexity index is 817. The average molecular weight is 645 g/mol. The van der Waals surface area contributed by atoms with Crippen LogP contribution in [0.5, 0.6) is 0 Å². The molecule has 0 saturated carbocycles. The van der Waals surface area contributed by atoms with Crippen molar-refractivity contribution in [1.29, 1.82) is 0 Å². The highest BCUT2D eigenvalue weighted by molar-refractivity contribution is 7.51. The number of halogens is 18. The molecule has 39 heavy (non-hydrogen) atoms. The van der Waals surface area contributed by atoms with Gasteiger partial charge in [-0.1, -0.05) is 0 Å². The Morgan fingerprint density at radius 1 is 0.513 bits per heavy atom. The summed E-state index contributed by atoms with van der Waals surface area (Å²) in [5.74, 6) is -43.1. The molecule has 0 amide bonds. The van der Waals surface area contributed by atoms with Gasteiger partial charge in [0.25, 0.3) is 0 Å². The summed E-state index contributed by atoms with van der Waals surface area (Å²) in [5, 5.41) is 0. The topological polar surface area (TPSA) is 38.8 Å². The molecular weight excluding hydrogens is 627 g/mol. The minimum atomic E-state index is -7.49. The van der Waals surface area contributed by atoms with Crippen LogP contribution in [0.3, 0.4) is 0 Å². The molecular formula is C16H18F18NO3P. The highest BCUT2D eigenvalue weighted by Gasteiger charge is 2.83. The predicted octanol–water partition coefficient (Wildman–Crippen LogP) is 8.18. The minimum Gasteiger partial charge on any atom is -0.290 e. The van der Waals surface area contributed by atoms with Crippen molar-refractivity contribution in [3.63, 3.8) is 0 Å². The quantitative estimate of drug-likeness (QED) is 0.150. The third kappa shape index (κ3) is 6.85. The summed E-state index contributed by atoms with van der Waals surface area (Å²) >= 11 is 0. The lowest BCUT2D eigenvalue weighted by Gasteiger charge is -2.39. The van der Waals surface area contributed by atoms with Crippen LogP contribution in [-0.2, 0) is 13.6 Å². The van der Waals surface area contributed by atoms with Crippen LogP contribution in [0.4, 0.5) is 79.0 Å². The molecule has 0 spiro atoms. The lowest BCUT2D eigenvalue weighted by molar-refractivity contribution is -0.399. The Hall–Kier alpha value is -1.15. The molecule has 23 heteroatoms. The van der Waals surface area contributed by atoms with Crippen LogP contribution in [0, 0.1) is 0 Å². The maximum atomic E-state index is 13.8. The monoisotopic (exact) mass is 645 g/mol. The van der Waals surface area contributed by atoms with Gasteiger partial charge in [0.05, 0.1) is 0 Å². The largest absolute Gasteiger partial charge is 0.460 e. The standard InChI is InChI=1S/C16H18F18NO3P/c1-7(2)35(8(3)4)39(36,37-5-9(17,18)11(21,22)13(25,26)15(29,30)31)38-6-10(19,20)12(23,24)14(27,28)16(32,33)34/h7-8H,5-6H2,1-4H3. The van der Waals surface area contributed by atoms with Gasteiger partial charge in [-0.15, -0.1) is 0 Å². The van der Waals surface area contributed by atoms with Crippen LogP contribution < -0.4 is 0 Å². The first-order valence-corrected chi connectivity index (χ1v) is 11.3. The van der Waals surface area contributed by atoms with Gasteiger partial charge in [-0.2, -0.15) is 79.0 Å². The molecule has 0 radical (unpaired) electrons. The highest BCUT2D eigenvalue weighted by Crippen LogP contribution is 2.60. The highest BCUT2D eigenvalue weighted by atomic mass is 31.2. The van der Waals surface area contributed by atoms with Gasteiger partial charge in [-0.3, -0.25) is 9.05 Å². The fraction of sp³-hybridized carbons (Fsp3) is 1.00. The summed E-state index contributed by atoms with van der Waals surface area (Å²) in [4.78, 5) is 0. The van der Waals surface area contributed by atoms with Crippen molar-refractivity contribution in [1.82, 2.24) is 4.67 Å². The van der Waals surface area contributed by atoms with Crippen LogP contribution in [0.25, 0.3) is 0 Å². The van der Waals surface area contributed by atoms with Gasteiger partial charge < -0.3 is 0 Å². The maximum Gasteiger partial charge on any atom is 0.460 e. The number of rotatable bonds is 13. The van der Waals surface area contributed by atoms with Gasteiger partial charge in [0.15, 0.2) is 0 Å². The summed E-state index contributed by atoms with van der Waals surface area (Å²) in [6, 6.07) is -3.01. The molecule has 0 rings (SSSR count). The van der Waals surface area contributed by atoms with Crippen molar-refractivity contribution >= 4 is 7.75 Å². The zero-order chi connectivity index (χ0) is 32.1. The second-order valence-corrected chi connectivity index (χ2v) is 10.2. The van der Waals surface area contributed by atoms with E-state index in [4.69, 9.17) is 0 Å². The number of hydrogen-bond donors (Lipinski definition) is 0. The summed E-state index contributed by atoms with van der Waals surface area (Å²) in [6.07, 6.45) is -14.6. The SMILES string of the molecule is CC(C)N(C(C)C)P(=O)(OCC(F)(F)C(F)(F)C(F)(F)C(F)(F)F)OCC(F)(F)C(F)(F)C(F)(F)C(F)(F)F. The third-order valence-electron chi connectivity index (χ3n) is 4.58.